The van der Waals surface area contributed by atoms with Gasteiger partial charge >= 0.3 is 0 Å². The smallest absolute Gasteiger partial charge is 0.232 e. The second-order valence-corrected chi connectivity index (χ2v) is 6.41. The largest absolute Gasteiger partial charge is 0.343 e. The molecule has 0 radical (unpaired) electrons. The summed E-state index contributed by atoms with van der Waals surface area (Å²) in [5.74, 6) is -0.160. The van der Waals surface area contributed by atoms with Crippen LogP contribution in [-0.4, -0.2) is 35.6 Å². The van der Waals surface area contributed by atoms with Gasteiger partial charge < -0.3 is 10.2 Å². The van der Waals surface area contributed by atoms with E-state index in [1.165, 1.54) is 11.8 Å². The van der Waals surface area contributed by atoms with Crippen LogP contribution in [0.25, 0.3) is 0 Å². The van der Waals surface area contributed by atoms with E-state index in [4.69, 9.17) is 0 Å². The van der Waals surface area contributed by atoms with Crippen LogP contribution in [0.2, 0.25) is 0 Å². The molecule has 24 heavy (non-hydrogen) atoms. The molecule has 2 amide bonds. The number of amides is 2. The average molecular weight is 343 g/mol. The van der Waals surface area contributed by atoms with Crippen LogP contribution in [-0.2, 0) is 9.59 Å². The van der Waals surface area contributed by atoms with E-state index in [1.807, 2.05) is 44.2 Å². The van der Waals surface area contributed by atoms with E-state index in [2.05, 4.69) is 11.4 Å². The SMILES string of the molecule is CCN(CC)C(=O)CSC1=C(C#N)[C@H](c2ccccc2)CC(=O)N1. The number of nitriles is 1. The van der Waals surface area contributed by atoms with Gasteiger partial charge in [0, 0.05) is 25.4 Å². The maximum Gasteiger partial charge on any atom is 0.232 e. The lowest BCUT2D eigenvalue weighted by atomic mass is 9.87. The van der Waals surface area contributed by atoms with Gasteiger partial charge in [-0.1, -0.05) is 42.1 Å². The summed E-state index contributed by atoms with van der Waals surface area (Å²) in [6.45, 7) is 5.16. The number of benzene rings is 1. The van der Waals surface area contributed by atoms with Crippen LogP contribution in [0.15, 0.2) is 40.9 Å². The molecule has 126 valence electrons. The van der Waals surface area contributed by atoms with E-state index in [0.29, 0.717) is 23.7 Å². The minimum Gasteiger partial charge on any atom is -0.343 e. The maximum atomic E-state index is 12.2. The predicted octanol–water partition coefficient (Wildman–Crippen LogP) is 2.63. The lowest BCUT2D eigenvalue weighted by Crippen LogP contribution is -2.34. The number of allylic oxidation sites excluding steroid dienone is 1. The van der Waals surface area contributed by atoms with Crippen LogP contribution >= 0.6 is 11.8 Å². The van der Waals surface area contributed by atoms with Crippen LogP contribution < -0.4 is 5.32 Å². The molecule has 1 N–H and O–H groups in total. The minimum atomic E-state index is -0.254. The van der Waals surface area contributed by atoms with Crippen LogP contribution in [0.5, 0.6) is 0 Å². The zero-order valence-corrected chi connectivity index (χ0v) is 14.7. The molecule has 0 bridgehead atoms. The Morgan fingerprint density at radius 3 is 2.58 bits per heavy atom. The van der Waals surface area contributed by atoms with Gasteiger partial charge in [-0.3, -0.25) is 9.59 Å². The first kappa shape index (κ1) is 18.1. The third-order valence-corrected chi connectivity index (χ3v) is 5.02. The molecule has 0 saturated heterocycles. The van der Waals surface area contributed by atoms with Gasteiger partial charge in [-0.2, -0.15) is 5.26 Å². The molecule has 1 heterocycles. The molecule has 1 aromatic rings. The highest BCUT2D eigenvalue weighted by Gasteiger charge is 2.29. The summed E-state index contributed by atoms with van der Waals surface area (Å²) >= 11 is 1.23. The van der Waals surface area contributed by atoms with Gasteiger partial charge in [0.2, 0.25) is 11.8 Å². The van der Waals surface area contributed by atoms with Crippen LogP contribution in [0.4, 0.5) is 0 Å². The van der Waals surface area contributed by atoms with Gasteiger partial charge in [0.1, 0.15) is 0 Å². The third kappa shape index (κ3) is 4.18. The van der Waals surface area contributed by atoms with Crippen LogP contribution in [0, 0.1) is 11.3 Å². The van der Waals surface area contributed by atoms with Crippen molar-refractivity contribution in [2.45, 2.75) is 26.2 Å². The van der Waals surface area contributed by atoms with E-state index in [1.54, 1.807) is 4.90 Å². The van der Waals surface area contributed by atoms with Gasteiger partial charge in [-0.25, -0.2) is 0 Å². The van der Waals surface area contributed by atoms with E-state index >= 15 is 0 Å². The average Bonchev–Trinajstić information content (AvgIpc) is 2.61. The fraction of sp³-hybridized carbons (Fsp3) is 0.389. The molecule has 0 spiro atoms. The Hall–Kier alpha value is -2.26. The van der Waals surface area contributed by atoms with E-state index < -0.39 is 0 Å². The summed E-state index contributed by atoms with van der Waals surface area (Å²) in [4.78, 5) is 25.9. The molecule has 6 heteroatoms. The molecule has 1 aliphatic rings. The Bertz CT molecular complexity index is 675. The molecule has 1 aliphatic heterocycles. The standard InChI is InChI=1S/C18H21N3O2S/c1-3-21(4-2)17(23)12-24-18-15(11-19)14(10-16(22)20-18)13-8-6-5-7-9-13/h5-9,14H,3-4,10,12H2,1-2H3,(H,20,22)/t14-/m0/s1. The molecule has 1 aromatic carbocycles. The lowest BCUT2D eigenvalue weighted by molar-refractivity contribution is -0.128. The highest BCUT2D eigenvalue weighted by atomic mass is 32.2. The Morgan fingerprint density at radius 2 is 2.00 bits per heavy atom. The number of carbonyl (C=O) groups excluding carboxylic acids is 2. The van der Waals surface area contributed by atoms with Crippen molar-refractivity contribution in [3.8, 4) is 6.07 Å². The zero-order chi connectivity index (χ0) is 17.5. The molecule has 0 fully saturated rings. The highest BCUT2D eigenvalue weighted by Crippen LogP contribution is 2.35. The molecular formula is C18H21N3O2S. The quantitative estimate of drug-likeness (QED) is 0.862. The Morgan fingerprint density at radius 1 is 1.33 bits per heavy atom. The summed E-state index contributed by atoms with van der Waals surface area (Å²) in [5, 5.41) is 12.8. The second kappa shape index (κ2) is 8.55. The van der Waals surface area contributed by atoms with Crippen molar-refractivity contribution in [2.24, 2.45) is 0 Å². The lowest BCUT2D eigenvalue weighted by Gasteiger charge is -2.25. The first-order valence-electron chi connectivity index (χ1n) is 8.00. The summed E-state index contributed by atoms with van der Waals surface area (Å²) < 4.78 is 0. The van der Waals surface area contributed by atoms with Crippen molar-refractivity contribution in [1.29, 1.82) is 5.26 Å². The minimum absolute atomic E-state index is 0.00544. The van der Waals surface area contributed by atoms with Gasteiger partial charge in [-0.05, 0) is 19.4 Å². The van der Waals surface area contributed by atoms with Crippen molar-refractivity contribution in [1.82, 2.24) is 10.2 Å². The van der Waals surface area contributed by atoms with Gasteiger partial charge in [0.15, 0.2) is 0 Å². The van der Waals surface area contributed by atoms with Gasteiger partial charge in [-0.15, -0.1) is 0 Å². The topological polar surface area (TPSA) is 73.2 Å². The van der Waals surface area contributed by atoms with Gasteiger partial charge in [0.05, 0.1) is 22.4 Å². The monoisotopic (exact) mass is 343 g/mol. The van der Waals surface area contributed by atoms with Crippen molar-refractivity contribution < 1.29 is 9.59 Å². The van der Waals surface area contributed by atoms with Crippen molar-refractivity contribution in [3.05, 3.63) is 46.5 Å². The van der Waals surface area contributed by atoms with Crippen LogP contribution in [0.3, 0.4) is 0 Å². The number of nitrogens with one attached hydrogen (secondary N) is 1. The number of nitrogens with zero attached hydrogens (tertiary/aromatic N) is 2. The molecule has 0 aromatic heterocycles. The van der Waals surface area contributed by atoms with E-state index in [-0.39, 0.29) is 29.9 Å². The maximum absolute atomic E-state index is 12.2. The van der Waals surface area contributed by atoms with Crippen LogP contribution in [0.1, 0.15) is 31.7 Å². The van der Waals surface area contributed by atoms with Gasteiger partial charge in [0.25, 0.3) is 0 Å². The fourth-order valence-electron chi connectivity index (χ4n) is 2.70. The molecule has 0 aliphatic carbocycles. The molecule has 2 rings (SSSR count). The summed E-state index contributed by atoms with van der Waals surface area (Å²) in [6, 6.07) is 11.8. The normalized spacial score (nSPS) is 17.2. The van der Waals surface area contributed by atoms with E-state index in [0.717, 1.165) is 5.56 Å². The number of hydrogen-bond acceptors (Lipinski definition) is 4. The number of thioether (sulfide) groups is 1. The molecule has 0 saturated carbocycles. The first-order chi connectivity index (χ1) is 11.6. The third-order valence-electron chi connectivity index (χ3n) is 4.01. The van der Waals surface area contributed by atoms with E-state index in [9.17, 15) is 14.9 Å². The molecular weight excluding hydrogens is 322 g/mol. The number of rotatable bonds is 6. The van der Waals surface area contributed by atoms with Crippen molar-refractivity contribution in [3.63, 3.8) is 0 Å². The zero-order valence-electron chi connectivity index (χ0n) is 13.9. The highest BCUT2D eigenvalue weighted by molar-refractivity contribution is 8.03. The summed E-state index contributed by atoms with van der Waals surface area (Å²) in [6.07, 6.45) is 0.251. The Labute approximate surface area is 146 Å². The Balaban J connectivity index is 2.22. The first-order valence-corrected chi connectivity index (χ1v) is 8.98. The number of hydrogen-bond donors (Lipinski definition) is 1. The Kier molecular flexibility index (Phi) is 6.44. The molecule has 1 atom stereocenters. The van der Waals surface area contributed by atoms with Crippen molar-refractivity contribution >= 4 is 23.6 Å². The predicted molar refractivity (Wildman–Crippen MR) is 95.0 cm³/mol. The molecule has 0 unspecified atom stereocenters. The summed E-state index contributed by atoms with van der Waals surface area (Å²) in [7, 11) is 0. The summed E-state index contributed by atoms with van der Waals surface area (Å²) in [5.41, 5.74) is 1.47. The van der Waals surface area contributed by atoms with Crippen molar-refractivity contribution in [2.75, 3.05) is 18.8 Å². The second-order valence-electron chi connectivity index (χ2n) is 5.42. The molecule has 5 nitrogen and oxygen atoms in total. The number of carbonyl (C=O) groups is 2. The fourth-order valence-corrected chi connectivity index (χ4v) is 3.68.